The number of oxime groups is 1. The van der Waals surface area contributed by atoms with Gasteiger partial charge in [0.15, 0.2) is 0 Å². The normalized spacial score (nSPS) is 16.6. The van der Waals surface area contributed by atoms with Crippen molar-refractivity contribution in [2.24, 2.45) is 5.16 Å². The number of carbonyl (C=O) groups is 1. The van der Waals surface area contributed by atoms with Crippen LogP contribution in [0.1, 0.15) is 34.5 Å². The number of aromatic nitrogens is 1. The number of aryl methyl sites for hydroxylation is 1. The van der Waals surface area contributed by atoms with E-state index in [0.29, 0.717) is 30.0 Å². The molecule has 2 aromatic rings. The molecular weight excluding hydrogens is 270 g/mol. The molecule has 6 heteroatoms. The third-order valence-electron chi connectivity index (χ3n) is 3.65. The minimum atomic E-state index is -0.152. The Balaban J connectivity index is 2.07. The van der Waals surface area contributed by atoms with Crippen LogP contribution in [0.15, 0.2) is 40.1 Å². The first-order valence-electron chi connectivity index (χ1n) is 6.76. The van der Waals surface area contributed by atoms with E-state index in [2.05, 4.69) is 10.3 Å². The van der Waals surface area contributed by atoms with E-state index in [-0.39, 0.29) is 5.91 Å². The van der Waals surface area contributed by atoms with Crippen molar-refractivity contribution in [3.8, 4) is 0 Å². The lowest BCUT2D eigenvalue weighted by molar-refractivity contribution is 0.0985. The molecule has 1 aliphatic rings. The first kappa shape index (κ1) is 13.4. The number of benzene rings is 1. The molecule has 0 fully saturated rings. The highest BCUT2D eigenvalue weighted by atomic mass is 16.5. The lowest BCUT2D eigenvalue weighted by Gasteiger charge is -2.22. The second-order valence-corrected chi connectivity index (χ2v) is 4.92. The fraction of sp³-hybridized carbons (Fsp3) is 0.267. The van der Waals surface area contributed by atoms with Gasteiger partial charge in [-0.25, -0.2) is 0 Å². The topological polar surface area (TPSA) is 78.9 Å². The van der Waals surface area contributed by atoms with Crippen LogP contribution in [0, 0.1) is 6.92 Å². The molecule has 1 aromatic heterocycles. The van der Waals surface area contributed by atoms with Crippen molar-refractivity contribution in [2.45, 2.75) is 19.8 Å². The Morgan fingerprint density at radius 1 is 1.43 bits per heavy atom. The van der Waals surface area contributed by atoms with Crippen LogP contribution < -0.4 is 4.90 Å². The van der Waals surface area contributed by atoms with Gasteiger partial charge < -0.3 is 14.6 Å². The van der Waals surface area contributed by atoms with E-state index in [4.69, 9.17) is 4.52 Å². The molecule has 108 valence electrons. The van der Waals surface area contributed by atoms with Gasteiger partial charge in [0.2, 0.25) is 0 Å². The molecule has 0 aliphatic carbocycles. The van der Waals surface area contributed by atoms with Crippen LogP contribution in [0.25, 0.3) is 0 Å². The van der Waals surface area contributed by atoms with Gasteiger partial charge in [-0.3, -0.25) is 4.79 Å². The summed E-state index contributed by atoms with van der Waals surface area (Å²) in [5.41, 5.74) is 2.57. The van der Waals surface area contributed by atoms with Gasteiger partial charge in [0, 0.05) is 12.1 Å². The molecule has 1 aliphatic heterocycles. The van der Waals surface area contributed by atoms with Gasteiger partial charge >= 0.3 is 0 Å². The number of nitrogens with zero attached hydrogens (tertiary/aromatic N) is 3. The SMILES string of the molecule is Cc1oncc1C(=O)N1CCC/C(=N/O)c2ccccc21. The molecule has 1 amide bonds. The smallest absolute Gasteiger partial charge is 0.263 e. The van der Waals surface area contributed by atoms with Gasteiger partial charge in [-0.05, 0) is 25.8 Å². The highest BCUT2D eigenvalue weighted by molar-refractivity contribution is 6.13. The van der Waals surface area contributed by atoms with E-state index in [0.717, 1.165) is 17.7 Å². The predicted octanol–water partition coefficient (Wildman–Crippen LogP) is 2.60. The van der Waals surface area contributed by atoms with E-state index in [1.54, 1.807) is 11.8 Å². The fourth-order valence-electron chi connectivity index (χ4n) is 2.58. The number of hydrogen-bond donors (Lipinski definition) is 1. The molecule has 21 heavy (non-hydrogen) atoms. The average Bonchev–Trinajstić information content (AvgIpc) is 2.84. The highest BCUT2D eigenvalue weighted by Crippen LogP contribution is 2.28. The number of carbonyl (C=O) groups excluding carboxylic acids is 1. The van der Waals surface area contributed by atoms with Gasteiger partial charge in [0.25, 0.3) is 5.91 Å². The van der Waals surface area contributed by atoms with Crippen LogP contribution in [-0.4, -0.2) is 28.5 Å². The Bertz CT molecular complexity index is 706. The molecule has 1 N–H and O–H groups in total. The van der Waals surface area contributed by atoms with Crippen molar-refractivity contribution in [3.63, 3.8) is 0 Å². The van der Waals surface area contributed by atoms with Gasteiger partial charge in [-0.15, -0.1) is 0 Å². The average molecular weight is 285 g/mol. The molecular formula is C15H15N3O3. The number of amides is 1. The van der Waals surface area contributed by atoms with Crippen LogP contribution in [-0.2, 0) is 0 Å². The van der Waals surface area contributed by atoms with Crippen molar-refractivity contribution in [1.29, 1.82) is 0 Å². The summed E-state index contributed by atoms with van der Waals surface area (Å²) in [5, 5.41) is 16.2. The van der Waals surface area contributed by atoms with Crippen molar-refractivity contribution in [1.82, 2.24) is 5.16 Å². The summed E-state index contributed by atoms with van der Waals surface area (Å²) in [5.74, 6) is 0.346. The van der Waals surface area contributed by atoms with Gasteiger partial charge in [-0.2, -0.15) is 0 Å². The Hall–Kier alpha value is -2.63. The van der Waals surface area contributed by atoms with Crippen LogP contribution in [0.4, 0.5) is 5.69 Å². The minimum Gasteiger partial charge on any atom is -0.411 e. The summed E-state index contributed by atoms with van der Waals surface area (Å²) < 4.78 is 4.98. The second-order valence-electron chi connectivity index (χ2n) is 4.92. The van der Waals surface area contributed by atoms with Crippen molar-refractivity contribution >= 4 is 17.3 Å². The van der Waals surface area contributed by atoms with Gasteiger partial charge in [-0.1, -0.05) is 28.5 Å². The number of hydrogen-bond acceptors (Lipinski definition) is 5. The molecule has 2 heterocycles. The Kier molecular flexibility index (Phi) is 3.43. The molecule has 0 saturated heterocycles. The Morgan fingerprint density at radius 3 is 2.95 bits per heavy atom. The maximum atomic E-state index is 12.7. The van der Waals surface area contributed by atoms with Crippen LogP contribution in [0.2, 0.25) is 0 Å². The zero-order chi connectivity index (χ0) is 14.8. The molecule has 6 nitrogen and oxygen atoms in total. The molecule has 0 saturated carbocycles. The monoisotopic (exact) mass is 285 g/mol. The lowest BCUT2D eigenvalue weighted by Crippen LogP contribution is -2.31. The lowest BCUT2D eigenvalue weighted by atomic mass is 10.1. The fourth-order valence-corrected chi connectivity index (χ4v) is 2.58. The maximum absolute atomic E-state index is 12.7. The molecule has 0 atom stereocenters. The maximum Gasteiger partial charge on any atom is 0.263 e. The largest absolute Gasteiger partial charge is 0.411 e. The molecule has 0 spiro atoms. The summed E-state index contributed by atoms with van der Waals surface area (Å²) >= 11 is 0. The van der Waals surface area contributed by atoms with E-state index in [9.17, 15) is 10.0 Å². The summed E-state index contributed by atoms with van der Waals surface area (Å²) in [6.45, 7) is 2.27. The standard InChI is InChI=1S/C15H15N3O3/c1-10-12(9-16-21-10)15(19)18-8-4-6-13(17-20)11-5-2-3-7-14(11)18/h2-3,5,7,9,20H,4,6,8H2,1H3/b17-13-. The minimum absolute atomic E-state index is 0.152. The van der Waals surface area contributed by atoms with E-state index in [1.165, 1.54) is 6.20 Å². The predicted molar refractivity (Wildman–Crippen MR) is 76.9 cm³/mol. The molecule has 3 rings (SSSR count). The number of fused-ring (bicyclic) bond motifs is 1. The second kappa shape index (κ2) is 5.40. The first-order chi connectivity index (χ1) is 10.2. The third-order valence-corrected chi connectivity index (χ3v) is 3.65. The van der Waals surface area contributed by atoms with E-state index >= 15 is 0 Å². The molecule has 1 aromatic carbocycles. The zero-order valence-electron chi connectivity index (χ0n) is 11.6. The number of rotatable bonds is 1. The van der Waals surface area contributed by atoms with Gasteiger partial charge in [0.1, 0.15) is 11.3 Å². The molecule has 0 unspecified atom stereocenters. The summed E-state index contributed by atoms with van der Waals surface area (Å²) in [6, 6.07) is 7.44. The summed E-state index contributed by atoms with van der Waals surface area (Å²) in [4.78, 5) is 14.4. The van der Waals surface area contributed by atoms with Crippen LogP contribution in [0.3, 0.4) is 0 Å². The quantitative estimate of drug-likeness (QED) is 0.645. The van der Waals surface area contributed by atoms with E-state index < -0.39 is 0 Å². The first-order valence-corrected chi connectivity index (χ1v) is 6.76. The summed E-state index contributed by atoms with van der Waals surface area (Å²) in [6.07, 6.45) is 2.79. The number of anilines is 1. The highest BCUT2D eigenvalue weighted by Gasteiger charge is 2.27. The molecule has 0 bridgehead atoms. The molecule has 0 radical (unpaired) electrons. The van der Waals surface area contributed by atoms with Crippen molar-refractivity contribution < 1.29 is 14.5 Å². The Labute approximate surface area is 121 Å². The zero-order valence-corrected chi connectivity index (χ0v) is 11.6. The van der Waals surface area contributed by atoms with Crippen LogP contribution >= 0.6 is 0 Å². The van der Waals surface area contributed by atoms with Crippen molar-refractivity contribution in [3.05, 3.63) is 47.3 Å². The third kappa shape index (κ3) is 2.29. The van der Waals surface area contributed by atoms with Crippen molar-refractivity contribution in [2.75, 3.05) is 11.4 Å². The van der Waals surface area contributed by atoms with E-state index in [1.807, 2.05) is 24.3 Å². The Morgan fingerprint density at radius 2 is 2.24 bits per heavy atom. The van der Waals surface area contributed by atoms with Gasteiger partial charge in [0.05, 0.1) is 17.6 Å². The summed E-state index contributed by atoms with van der Waals surface area (Å²) in [7, 11) is 0. The number of para-hydroxylation sites is 1. The van der Waals surface area contributed by atoms with Crippen LogP contribution in [0.5, 0.6) is 0 Å².